The topological polar surface area (TPSA) is 56.6 Å². The van der Waals surface area contributed by atoms with Crippen molar-refractivity contribution < 1.29 is 14.3 Å². The molecule has 134 valence electrons. The molecule has 25 heavy (non-hydrogen) atoms. The maximum absolute atomic E-state index is 12.6. The lowest BCUT2D eigenvalue weighted by Gasteiger charge is -2.16. The third-order valence-corrected chi connectivity index (χ3v) is 4.68. The van der Waals surface area contributed by atoms with Crippen molar-refractivity contribution in [3.8, 4) is 5.75 Å². The van der Waals surface area contributed by atoms with Crippen LogP contribution in [0.4, 0.5) is 0 Å². The lowest BCUT2D eigenvalue weighted by molar-refractivity contribution is -0.132. The molecule has 1 aromatic heterocycles. The number of aryl methyl sites for hydroxylation is 2. The summed E-state index contributed by atoms with van der Waals surface area (Å²) in [7, 11) is 3.61. The van der Waals surface area contributed by atoms with Crippen LogP contribution in [-0.2, 0) is 16.6 Å². The van der Waals surface area contributed by atoms with E-state index in [1.165, 1.54) is 0 Å². The van der Waals surface area contributed by atoms with Gasteiger partial charge in [0, 0.05) is 45.3 Å². The van der Waals surface area contributed by atoms with E-state index >= 15 is 0 Å². The standard InChI is InChI=1S/C19H25N3O3/c1-14-5-4-6-17(7-14)25-13-19(23)22-10-16(12-24-3)18(11-22)15-8-20-21(2)9-15/h4-9,16,18H,10-13H2,1-3H3/t16-,18-/m0/s1. The Bertz CT molecular complexity index is 728. The maximum Gasteiger partial charge on any atom is 0.260 e. The third-order valence-electron chi connectivity index (χ3n) is 4.68. The smallest absolute Gasteiger partial charge is 0.260 e. The SMILES string of the molecule is COC[C@@H]1CN(C(=O)COc2cccc(C)c2)C[C@H]1c1cnn(C)c1. The molecule has 0 N–H and O–H groups in total. The van der Waals surface area contributed by atoms with Gasteiger partial charge < -0.3 is 14.4 Å². The van der Waals surface area contributed by atoms with Gasteiger partial charge in [0.2, 0.25) is 0 Å². The van der Waals surface area contributed by atoms with Gasteiger partial charge in [-0.3, -0.25) is 9.48 Å². The Kier molecular flexibility index (Phi) is 5.38. The van der Waals surface area contributed by atoms with E-state index in [1.54, 1.807) is 11.8 Å². The number of carbonyl (C=O) groups is 1. The summed E-state index contributed by atoms with van der Waals surface area (Å²) in [6, 6.07) is 7.74. The van der Waals surface area contributed by atoms with Crippen LogP contribution >= 0.6 is 0 Å². The first-order valence-corrected chi connectivity index (χ1v) is 8.51. The number of hydrogen-bond donors (Lipinski definition) is 0. The predicted molar refractivity (Wildman–Crippen MR) is 94.6 cm³/mol. The molecule has 0 radical (unpaired) electrons. The Balaban J connectivity index is 1.63. The minimum absolute atomic E-state index is 0.00833. The van der Waals surface area contributed by atoms with Crippen LogP contribution in [0.15, 0.2) is 36.7 Å². The fraction of sp³-hybridized carbons (Fsp3) is 0.474. The molecule has 1 amide bonds. The van der Waals surface area contributed by atoms with Crippen molar-refractivity contribution in [1.29, 1.82) is 0 Å². The number of aromatic nitrogens is 2. The molecule has 2 atom stereocenters. The zero-order valence-corrected chi connectivity index (χ0v) is 15.0. The van der Waals surface area contributed by atoms with Gasteiger partial charge in [-0.1, -0.05) is 12.1 Å². The Labute approximate surface area is 148 Å². The van der Waals surface area contributed by atoms with Crippen molar-refractivity contribution in [3.05, 3.63) is 47.8 Å². The monoisotopic (exact) mass is 343 g/mol. The van der Waals surface area contributed by atoms with Crippen molar-refractivity contribution in [2.75, 3.05) is 33.4 Å². The van der Waals surface area contributed by atoms with Crippen molar-refractivity contribution in [2.45, 2.75) is 12.8 Å². The Morgan fingerprint density at radius 2 is 2.20 bits per heavy atom. The minimum Gasteiger partial charge on any atom is -0.484 e. The summed E-state index contributed by atoms with van der Waals surface area (Å²) in [5.41, 5.74) is 2.27. The molecule has 1 saturated heterocycles. The van der Waals surface area contributed by atoms with Crippen LogP contribution in [0.5, 0.6) is 5.75 Å². The van der Waals surface area contributed by atoms with Crippen LogP contribution in [0.25, 0.3) is 0 Å². The number of methoxy groups -OCH3 is 1. The average Bonchev–Trinajstić information content (AvgIpc) is 3.19. The van der Waals surface area contributed by atoms with Gasteiger partial charge in [-0.25, -0.2) is 0 Å². The summed E-state index contributed by atoms with van der Waals surface area (Å²) in [5.74, 6) is 1.26. The Hall–Kier alpha value is -2.34. The highest BCUT2D eigenvalue weighted by Crippen LogP contribution is 2.32. The van der Waals surface area contributed by atoms with E-state index in [-0.39, 0.29) is 24.3 Å². The zero-order chi connectivity index (χ0) is 17.8. The largest absolute Gasteiger partial charge is 0.484 e. The molecule has 6 nitrogen and oxygen atoms in total. The number of likely N-dealkylation sites (tertiary alicyclic amines) is 1. The molecule has 2 heterocycles. The second kappa shape index (κ2) is 7.70. The summed E-state index contributed by atoms with van der Waals surface area (Å²) >= 11 is 0. The van der Waals surface area contributed by atoms with E-state index in [0.29, 0.717) is 19.7 Å². The third kappa shape index (κ3) is 4.20. The van der Waals surface area contributed by atoms with Gasteiger partial charge in [0.25, 0.3) is 5.91 Å². The van der Waals surface area contributed by atoms with Gasteiger partial charge in [0.15, 0.2) is 6.61 Å². The minimum atomic E-state index is 0.00833. The lowest BCUT2D eigenvalue weighted by atomic mass is 9.92. The van der Waals surface area contributed by atoms with E-state index in [0.717, 1.165) is 16.9 Å². The number of nitrogens with zero attached hydrogens (tertiary/aromatic N) is 3. The van der Waals surface area contributed by atoms with E-state index in [9.17, 15) is 4.79 Å². The zero-order valence-electron chi connectivity index (χ0n) is 15.0. The molecule has 1 aliphatic heterocycles. The molecule has 0 bridgehead atoms. The average molecular weight is 343 g/mol. The summed E-state index contributed by atoms with van der Waals surface area (Å²) in [4.78, 5) is 14.4. The number of benzene rings is 1. The summed E-state index contributed by atoms with van der Waals surface area (Å²) in [6.07, 6.45) is 3.90. The normalized spacial score (nSPS) is 20.0. The summed E-state index contributed by atoms with van der Waals surface area (Å²) in [6.45, 7) is 4.05. The van der Waals surface area contributed by atoms with Gasteiger partial charge in [-0.05, 0) is 30.2 Å². The first-order chi connectivity index (χ1) is 12.1. The van der Waals surface area contributed by atoms with Gasteiger partial charge in [-0.15, -0.1) is 0 Å². The highest BCUT2D eigenvalue weighted by atomic mass is 16.5. The first kappa shape index (κ1) is 17.5. The number of amides is 1. The van der Waals surface area contributed by atoms with Crippen LogP contribution in [0.1, 0.15) is 17.0 Å². The fourth-order valence-corrected chi connectivity index (χ4v) is 3.41. The number of rotatable bonds is 6. The van der Waals surface area contributed by atoms with Crippen LogP contribution in [0.3, 0.4) is 0 Å². The van der Waals surface area contributed by atoms with Crippen LogP contribution in [0.2, 0.25) is 0 Å². The van der Waals surface area contributed by atoms with Gasteiger partial charge >= 0.3 is 0 Å². The van der Waals surface area contributed by atoms with Crippen molar-refractivity contribution >= 4 is 5.91 Å². The van der Waals surface area contributed by atoms with Crippen LogP contribution < -0.4 is 4.74 Å². The molecule has 3 rings (SSSR count). The summed E-state index contributed by atoms with van der Waals surface area (Å²) in [5, 5.41) is 4.26. The highest BCUT2D eigenvalue weighted by Gasteiger charge is 2.36. The number of ether oxygens (including phenoxy) is 2. The number of hydrogen-bond acceptors (Lipinski definition) is 4. The van der Waals surface area contributed by atoms with Crippen LogP contribution in [-0.4, -0.2) is 54.0 Å². The molecule has 1 fully saturated rings. The van der Waals surface area contributed by atoms with Crippen LogP contribution in [0, 0.1) is 12.8 Å². The van der Waals surface area contributed by atoms with Crippen molar-refractivity contribution in [2.24, 2.45) is 13.0 Å². The Morgan fingerprint density at radius 1 is 1.36 bits per heavy atom. The predicted octanol–water partition coefficient (Wildman–Crippen LogP) is 2.00. The molecule has 0 aliphatic carbocycles. The molecule has 6 heteroatoms. The van der Waals surface area contributed by atoms with E-state index in [4.69, 9.17) is 9.47 Å². The fourth-order valence-electron chi connectivity index (χ4n) is 3.41. The molecule has 0 spiro atoms. The quantitative estimate of drug-likeness (QED) is 0.805. The molecular weight excluding hydrogens is 318 g/mol. The van der Waals surface area contributed by atoms with E-state index in [2.05, 4.69) is 5.10 Å². The Morgan fingerprint density at radius 3 is 2.88 bits per heavy atom. The summed E-state index contributed by atoms with van der Waals surface area (Å²) < 4.78 is 12.8. The van der Waals surface area contributed by atoms with Crippen molar-refractivity contribution in [3.63, 3.8) is 0 Å². The second-order valence-electron chi connectivity index (χ2n) is 6.67. The number of carbonyl (C=O) groups excluding carboxylic acids is 1. The molecule has 2 aromatic rings. The molecule has 1 aliphatic rings. The van der Waals surface area contributed by atoms with Gasteiger partial charge in [-0.2, -0.15) is 5.10 Å². The van der Waals surface area contributed by atoms with Crippen molar-refractivity contribution in [1.82, 2.24) is 14.7 Å². The van der Waals surface area contributed by atoms with Gasteiger partial charge in [0.05, 0.1) is 12.8 Å². The first-order valence-electron chi connectivity index (χ1n) is 8.51. The molecule has 0 saturated carbocycles. The lowest BCUT2D eigenvalue weighted by Crippen LogP contribution is -2.33. The van der Waals surface area contributed by atoms with Gasteiger partial charge in [0.1, 0.15) is 5.75 Å². The van der Waals surface area contributed by atoms with E-state index < -0.39 is 0 Å². The van der Waals surface area contributed by atoms with E-state index in [1.807, 2.05) is 55.5 Å². The molecular formula is C19H25N3O3. The second-order valence-corrected chi connectivity index (χ2v) is 6.67. The molecule has 1 aromatic carbocycles. The molecule has 0 unspecified atom stereocenters. The highest BCUT2D eigenvalue weighted by molar-refractivity contribution is 5.78. The maximum atomic E-state index is 12.6.